The minimum absolute atomic E-state index is 0.0367. The average Bonchev–Trinajstić information content (AvgIpc) is 2.79. The van der Waals surface area contributed by atoms with Crippen LogP contribution in [0.1, 0.15) is 49.7 Å². The normalized spacial score (nSPS) is 18.8. The van der Waals surface area contributed by atoms with Gasteiger partial charge in [-0.1, -0.05) is 25.1 Å². The van der Waals surface area contributed by atoms with Crippen LogP contribution in [-0.4, -0.2) is 31.0 Å². The molecule has 1 heterocycles. The molecule has 1 aliphatic heterocycles. The number of methoxy groups -OCH3 is 2. The number of nitrogens with zero attached hydrogens (tertiary/aromatic N) is 1. The van der Waals surface area contributed by atoms with Gasteiger partial charge in [-0.15, -0.1) is 0 Å². The van der Waals surface area contributed by atoms with Crippen LogP contribution in [0.3, 0.4) is 0 Å². The van der Waals surface area contributed by atoms with E-state index >= 15 is 0 Å². The van der Waals surface area contributed by atoms with Crippen LogP contribution in [-0.2, 0) is 16.0 Å². The average molecular weight is 421 g/mol. The lowest BCUT2D eigenvalue weighted by molar-refractivity contribution is -0.119. The first-order valence-corrected chi connectivity index (χ1v) is 10.6. The summed E-state index contributed by atoms with van der Waals surface area (Å²) in [6, 6.07) is 11.3. The number of ketones is 1. The lowest BCUT2D eigenvalue weighted by Gasteiger charge is -2.39. The maximum Gasteiger partial charge on any atom is 0.232 e. The molecule has 0 saturated carbocycles. The Bertz CT molecular complexity index is 1050. The van der Waals surface area contributed by atoms with E-state index in [1.165, 1.54) is 14.2 Å². The summed E-state index contributed by atoms with van der Waals surface area (Å²) in [4.78, 5) is 28.3. The van der Waals surface area contributed by atoms with Crippen LogP contribution in [0.15, 0.2) is 47.7 Å². The second-order valence-corrected chi connectivity index (χ2v) is 7.88. The minimum atomic E-state index is -0.399. The largest absolute Gasteiger partial charge is 0.502 e. The van der Waals surface area contributed by atoms with Crippen molar-refractivity contribution in [1.82, 2.24) is 0 Å². The SMILES string of the molecule is CCc1ccccc1N1C(=O)CC(c2cc(OC)c(O)c(OC)c2)C2=C1CCCC2=O. The van der Waals surface area contributed by atoms with E-state index in [0.717, 1.165) is 35.4 Å². The Morgan fingerprint density at radius 2 is 1.74 bits per heavy atom. The highest BCUT2D eigenvalue weighted by Crippen LogP contribution is 2.47. The van der Waals surface area contributed by atoms with Gasteiger partial charge in [0.15, 0.2) is 17.3 Å². The molecule has 6 nitrogen and oxygen atoms in total. The summed E-state index contributed by atoms with van der Waals surface area (Å²) < 4.78 is 10.6. The molecule has 2 aromatic carbocycles. The number of allylic oxidation sites excluding steroid dienone is 2. The van der Waals surface area contributed by atoms with Gasteiger partial charge in [-0.2, -0.15) is 0 Å². The van der Waals surface area contributed by atoms with E-state index in [-0.39, 0.29) is 35.4 Å². The number of phenolic OH excluding ortho intramolecular Hbond substituents is 1. The number of para-hydroxylation sites is 1. The van der Waals surface area contributed by atoms with Crippen LogP contribution in [0.25, 0.3) is 0 Å². The molecule has 0 aromatic heterocycles. The van der Waals surface area contributed by atoms with Crippen LogP contribution in [0, 0.1) is 0 Å². The van der Waals surface area contributed by atoms with E-state index < -0.39 is 5.92 Å². The topological polar surface area (TPSA) is 76.1 Å². The van der Waals surface area contributed by atoms with Crippen LogP contribution in [0.5, 0.6) is 17.2 Å². The van der Waals surface area contributed by atoms with Crippen molar-refractivity contribution in [3.8, 4) is 17.2 Å². The second kappa shape index (κ2) is 8.46. The second-order valence-electron chi connectivity index (χ2n) is 7.88. The smallest absolute Gasteiger partial charge is 0.232 e. The first-order chi connectivity index (χ1) is 15.0. The molecule has 1 aliphatic carbocycles. The first-order valence-electron chi connectivity index (χ1n) is 10.6. The van der Waals surface area contributed by atoms with Crippen molar-refractivity contribution in [2.75, 3.05) is 19.1 Å². The van der Waals surface area contributed by atoms with E-state index in [4.69, 9.17) is 9.47 Å². The molecule has 1 N–H and O–H groups in total. The highest BCUT2D eigenvalue weighted by atomic mass is 16.5. The van der Waals surface area contributed by atoms with Crippen molar-refractivity contribution in [2.45, 2.75) is 44.9 Å². The van der Waals surface area contributed by atoms with E-state index in [1.807, 2.05) is 24.3 Å². The van der Waals surface area contributed by atoms with Crippen LogP contribution >= 0.6 is 0 Å². The van der Waals surface area contributed by atoms with Gasteiger partial charge in [0.2, 0.25) is 11.7 Å². The molecule has 0 bridgehead atoms. The van der Waals surface area contributed by atoms with Gasteiger partial charge < -0.3 is 14.6 Å². The zero-order chi connectivity index (χ0) is 22.1. The summed E-state index contributed by atoms with van der Waals surface area (Å²) in [5, 5.41) is 10.3. The number of phenols is 1. The van der Waals surface area contributed by atoms with Crippen molar-refractivity contribution in [3.05, 3.63) is 58.8 Å². The Labute approximate surface area is 182 Å². The van der Waals surface area contributed by atoms with Crippen molar-refractivity contribution >= 4 is 17.4 Å². The predicted octanol–water partition coefficient (Wildman–Crippen LogP) is 4.50. The van der Waals surface area contributed by atoms with E-state index in [9.17, 15) is 14.7 Å². The lowest BCUT2D eigenvalue weighted by atomic mass is 9.77. The number of aryl methyl sites for hydroxylation is 1. The lowest BCUT2D eigenvalue weighted by Crippen LogP contribution is -2.41. The number of ether oxygens (including phenoxy) is 2. The number of carbonyl (C=O) groups is 2. The molecule has 6 heteroatoms. The third-order valence-electron chi connectivity index (χ3n) is 6.19. The van der Waals surface area contributed by atoms with Crippen LogP contribution in [0.2, 0.25) is 0 Å². The van der Waals surface area contributed by atoms with Gasteiger partial charge in [0, 0.05) is 30.0 Å². The van der Waals surface area contributed by atoms with Gasteiger partial charge in [0.25, 0.3) is 0 Å². The molecule has 0 radical (unpaired) electrons. The van der Waals surface area contributed by atoms with Gasteiger partial charge in [-0.3, -0.25) is 14.5 Å². The zero-order valence-corrected chi connectivity index (χ0v) is 18.1. The molecule has 31 heavy (non-hydrogen) atoms. The van der Waals surface area contributed by atoms with Crippen molar-refractivity contribution < 1.29 is 24.2 Å². The third-order valence-corrected chi connectivity index (χ3v) is 6.19. The summed E-state index contributed by atoms with van der Waals surface area (Å²) in [6.07, 6.45) is 2.84. The van der Waals surface area contributed by atoms with Crippen molar-refractivity contribution in [1.29, 1.82) is 0 Å². The van der Waals surface area contributed by atoms with Gasteiger partial charge in [0.05, 0.1) is 19.9 Å². The molecular formula is C25H27NO5. The Balaban J connectivity index is 1.90. The monoisotopic (exact) mass is 421 g/mol. The van der Waals surface area contributed by atoms with Crippen molar-refractivity contribution in [2.24, 2.45) is 0 Å². The van der Waals surface area contributed by atoms with Crippen LogP contribution < -0.4 is 14.4 Å². The molecule has 2 aromatic rings. The van der Waals surface area contributed by atoms with Gasteiger partial charge >= 0.3 is 0 Å². The molecule has 1 unspecified atom stereocenters. The predicted molar refractivity (Wildman–Crippen MR) is 118 cm³/mol. The number of hydrogen-bond donors (Lipinski definition) is 1. The number of Topliss-reactive ketones (excluding diaryl/α,β-unsaturated/α-hetero) is 1. The fraction of sp³-hybridized carbons (Fsp3) is 0.360. The zero-order valence-electron chi connectivity index (χ0n) is 18.1. The Morgan fingerprint density at radius 3 is 2.39 bits per heavy atom. The maximum atomic E-state index is 13.5. The Morgan fingerprint density at radius 1 is 1.06 bits per heavy atom. The van der Waals surface area contributed by atoms with E-state index in [2.05, 4.69) is 6.92 Å². The molecular weight excluding hydrogens is 394 g/mol. The number of aromatic hydroxyl groups is 1. The Kier molecular flexibility index (Phi) is 5.72. The number of amides is 1. The van der Waals surface area contributed by atoms with Gasteiger partial charge in [-0.25, -0.2) is 0 Å². The molecule has 1 amide bonds. The molecule has 162 valence electrons. The fourth-order valence-electron chi connectivity index (χ4n) is 4.70. The molecule has 2 aliphatic rings. The quantitative estimate of drug-likeness (QED) is 0.769. The summed E-state index contributed by atoms with van der Waals surface area (Å²) in [5.74, 6) is 0.0494. The summed E-state index contributed by atoms with van der Waals surface area (Å²) in [6.45, 7) is 2.06. The van der Waals surface area contributed by atoms with Crippen molar-refractivity contribution in [3.63, 3.8) is 0 Å². The molecule has 1 atom stereocenters. The van der Waals surface area contributed by atoms with Crippen LogP contribution in [0.4, 0.5) is 5.69 Å². The summed E-state index contributed by atoms with van der Waals surface area (Å²) in [5.41, 5.74) is 4.14. The Hall–Kier alpha value is -3.28. The number of rotatable bonds is 5. The highest BCUT2D eigenvalue weighted by Gasteiger charge is 2.40. The van der Waals surface area contributed by atoms with Gasteiger partial charge in [0.1, 0.15) is 0 Å². The van der Waals surface area contributed by atoms with Gasteiger partial charge in [-0.05, 0) is 48.6 Å². The molecule has 0 fully saturated rings. The van der Waals surface area contributed by atoms with E-state index in [0.29, 0.717) is 18.4 Å². The number of benzene rings is 2. The fourth-order valence-corrected chi connectivity index (χ4v) is 4.70. The molecule has 0 saturated heterocycles. The minimum Gasteiger partial charge on any atom is -0.502 e. The molecule has 4 rings (SSSR count). The number of anilines is 1. The molecule has 0 spiro atoms. The summed E-state index contributed by atoms with van der Waals surface area (Å²) >= 11 is 0. The highest BCUT2D eigenvalue weighted by molar-refractivity contribution is 6.07. The number of carbonyl (C=O) groups excluding carboxylic acids is 2. The maximum absolute atomic E-state index is 13.5. The first kappa shape index (κ1) is 21.0. The standard InChI is InChI=1S/C25H27NO5/c1-4-15-8-5-6-9-18(15)26-19-10-7-11-20(27)24(19)17(14-23(26)28)16-12-21(30-2)25(29)22(13-16)31-3/h5-6,8-9,12-13,17,29H,4,7,10-11,14H2,1-3H3. The van der Waals surface area contributed by atoms with E-state index in [1.54, 1.807) is 17.0 Å². The number of hydrogen-bond acceptors (Lipinski definition) is 5. The third kappa shape index (κ3) is 3.56. The summed E-state index contributed by atoms with van der Waals surface area (Å²) in [7, 11) is 2.92.